The van der Waals surface area contributed by atoms with Gasteiger partial charge in [-0.05, 0) is 11.1 Å². The van der Waals surface area contributed by atoms with E-state index in [1.807, 2.05) is 24.3 Å². The third-order valence-corrected chi connectivity index (χ3v) is 1.45. The van der Waals surface area contributed by atoms with Gasteiger partial charge in [-0.3, -0.25) is 0 Å². The molecular formula is C9H10N2O2. The molecule has 0 saturated carbocycles. The van der Waals surface area contributed by atoms with Crippen LogP contribution in [0.3, 0.4) is 0 Å². The quantitative estimate of drug-likeness (QED) is 0.433. The molecule has 4 nitrogen and oxygen atoms in total. The van der Waals surface area contributed by atoms with E-state index in [0.29, 0.717) is 0 Å². The first kappa shape index (κ1) is 9.25. The average Bonchev–Trinajstić information content (AvgIpc) is 2.17. The molecule has 0 atom stereocenters. The molecule has 0 fully saturated rings. The number of hydrogen-bond acceptors (Lipinski definition) is 4. The van der Waals surface area contributed by atoms with Crippen molar-refractivity contribution in [1.82, 2.24) is 0 Å². The summed E-state index contributed by atoms with van der Waals surface area (Å²) in [6.45, 7) is 0. The van der Waals surface area contributed by atoms with E-state index >= 15 is 0 Å². The van der Waals surface area contributed by atoms with Gasteiger partial charge in [0.15, 0.2) is 0 Å². The minimum atomic E-state index is 0.831. The first-order chi connectivity index (χ1) is 6.36. The van der Waals surface area contributed by atoms with Crippen LogP contribution in [0.15, 0.2) is 34.6 Å². The molecule has 1 rings (SSSR count). The van der Waals surface area contributed by atoms with Gasteiger partial charge in [-0.1, -0.05) is 34.6 Å². The molecule has 0 amide bonds. The van der Waals surface area contributed by atoms with Gasteiger partial charge in [-0.15, -0.1) is 0 Å². The summed E-state index contributed by atoms with van der Waals surface area (Å²) in [6, 6.07) is 7.33. The molecule has 0 spiro atoms. The lowest BCUT2D eigenvalue weighted by atomic mass is 10.2. The molecule has 0 aliphatic carbocycles. The zero-order chi connectivity index (χ0) is 9.52. The van der Waals surface area contributed by atoms with E-state index in [1.54, 1.807) is 6.21 Å². The van der Waals surface area contributed by atoms with E-state index in [2.05, 4.69) is 15.1 Å². The van der Waals surface area contributed by atoms with Gasteiger partial charge >= 0.3 is 0 Å². The molecule has 0 radical (unpaired) electrons. The van der Waals surface area contributed by atoms with Crippen LogP contribution in [0.4, 0.5) is 0 Å². The molecule has 0 heterocycles. The van der Waals surface area contributed by atoms with Gasteiger partial charge in [0, 0.05) is 0 Å². The van der Waals surface area contributed by atoms with E-state index in [4.69, 9.17) is 5.21 Å². The summed E-state index contributed by atoms with van der Waals surface area (Å²) in [5, 5.41) is 14.8. The first-order valence-electron chi connectivity index (χ1n) is 3.71. The molecular weight excluding hydrogens is 168 g/mol. The summed E-state index contributed by atoms with van der Waals surface area (Å²) in [7, 11) is 1.49. The molecule has 0 aliphatic rings. The van der Waals surface area contributed by atoms with Crippen molar-refractivity contribution in [3.8, 4) is 0 Å². The molecule has 0 unspecified atom stereocenters. The number of benzene rings is 1. The lowest BCUT2D eigenvalue weighted by Crippen LogP contribution is -1.84. The highest BCUT2D eigenvalue weighted by atomic mass is 16.6. The van der Waals surface area contributed by atoms with E-state index in [0.717, 1.165) is 11.1 Å². The maximum atomic E-state index is 8.25. The van der Waals surface area contributed by atoms with Crippen molar-refractivity contribution in [2.24, 2.45) is 10.3 Å². The van der Waals surface area contributed by atoms with Gasteiger partial charge in [0.05, 0.1) is 12.4 Å². The second-order valence-electron chi connectivity index (χ2n) is 2.33. The SMILES string of the molecule is CO/N=C/c1ccc(/C=N/O)cc1. The predicted molar refractivity (Wildman–Crippen MR) is 50.4 cm³/mol. The minimum Gasteiger partial charge on any atom is -0.411 e. The van der Waals surface area contributed by atoms with E-state index in [9.17, 15) is 0 Å². The molecule has 1 N–H and O–H groups in total. The van der Waals surface area contributed by atoms with Gasteiger partial charge in [0.1, 0.15) is 7.11 Å². The van der Waals surface area contributed by atoms with Crippen molar-refractivity contribution in [2.45, 2.75) is 0 Å². The summed E-state index contributed by atoms with van der Waals surface area (Å²) in [4.78, 5) is 4.53. The maximum absolute atomic E-state index is 8.25. The summed E-state index contributed by atoms with van der Waals surface area (Å²) < 4.78 is 0. The topological polar surface area (TPSA) is 54.2 Å². The van der Waals surface area contributed by atoms with Crippen LogP contribution in [0.2, 0.25) is 0 Å². The third kappa shape index (κ3) is 2.94. The molecule has 0 aliphatic heterocycles. The van der Waals surface area contributed by atoms with Crippen LogP contribution in [0, 0.1) is 0 Å². The Bertz CT molecular complexity index is 304. The van der Waals surface area contributed by atoms with Crippen molar-refractivity contribution < 1.29 is 10.0 Å². The van der Waals surface area contributed by atoms with Gasteiger partial charge in [-0.2, -0.15) is 0 Å². The van der Waals surface area contributed by atoms with Crippen LogP contribution in [0.25, 0.3) is 0 Å². The van der Waals surface area contributed by atoms with E-state index < -0.39 is 0 Å². The van der Waals surface area contributed by atoms with Gasteiger partial charge in [-0.25, -0.2) is 0 Å². The van der Waals surface area contributed by atoms with Crippen molar-refractivity contribution in [3.05, 3.63) is 35.4 Å². The summed E-state index contributed by atoms with van der Waals surface area (Å²) in [5.41, 5.74) is 1.76. The van der Waals surface area contributed by atoms with Gasteiger partial charge < -0.3 is 10.0 Å². The lowest BCUT2D eigenvalue weighted by Gasteiger charge is -1.93. The van der Waals surface area contributed by atoms with E-state index in [-0.39, 0.29) is 0 Å². The van der Waals surface area contributed by atoms with Crippen LogP contribution in [-0.2, 0) is 4.84 Å². The number of hydrogen-bond donors (Lipinski definition) is 1. The Kier molecular flexibility index (Phi) is 3.50. The van der Waals surface area contributed by atoms with Crippen LogP contribution < -0.4 is 0 Å². The third-order valence-electron chi connectivity index (χ3n) is 1.45. The van der Waals surface area contributed by atoms with Crippen LogP contribution in [0.1, 0.15) is 11.1 Å². The van der Waals surface area contributed by atoms with Crippen molar-refractivity contribution >= 4 is 12.4 Å². The summed E-state index contributed by atoms with van der Waals surface area (Å²) in [5.74, 6) is 0. The molecule has 13 heavy (non-hydrogen) atoms. The fourth-order valence-electron chi connectivity index (χ4n) is 0.848. The molecule has 4 heteroatoms. The summed E-state index contributed by atoms with van der Waals surface area (Å²) >= 11 is 0. The van der Waals surface area contributed by atoms with Crippen LogP contribution in [-0.4, -0.2) is 24.7 Å². The first-order valence-corrected chi connectivity index (χ1v) is 3.71. The Morgan fingerprint density at radius 2 is 1.69 bits per heavy atom. The fourth-order valence-corrected chi connectivity index (χ4v) is 0.848. The number of nitrogens with zero attached hydrogens (tertiary/aromatic N) is 2. The Hall–Kier alpha value is -1.84. The van der Waals surface area contributed by atoms with Crippen molar-refractivity contribution in [3.63, 3.8) is 0 Å². The highest BCUT2D eigenvalue weighted by Gasteiger charge is 1.88. The van der Waals surface area contributed by atoms with Crippen molar-refractivity contribution in [1.29, 1.82) is 0 Å². The standard InChI is InChI=1S/C9H10N2O2/c1-13-11-7-9-4-2-8(3-5-9)6-10-12/h2-7,12H,1H3/b10-6+,11-7+. The smallest absolute Gasteiger partial charge is 0.106 e. The fraction of sp³-hybridized carbons (Fsp3) is 0.111. The highest BCUT2D eigenvalue weighted by Crippen LogP contribution is 1.99. The minimum absolute atomic E-state index is 0.831. The molecule has 68 valence electrons. The van der Waals surface area contributed by atoms with Crippen LogP contribution in [0.5, 0.6) is 0 Å². The predicted octanol–water partition coefficient (Wildman–Crippen LogP) is 1.48. The van der Waals surface area contributed by atoms with Gasteiger partial charge in [0.25, 0.3) is 0 Å². The van der Waals surface area contributed by atoms with Gasteiger partial charge in [0.2, 0.25) is 0 Å². The normalized spacial score (nSPS) is 11.2. The Balaban J connectivity index is 2.75. The average molecular weight is 178 g/mol. The monoisotopic (exact) mass is 178 g/mol. The maximum Gasteiger partial charge on any atom is 0.106 e. The Morgan fingerprint density at radius 1 is 1.15 bits per heavy atom. The van der Waals surface area contributed by atoms with Crippen molar-refractivity contribution in [2.75, 3.05) is 7.11 Å². The highest BCUT2D eigenvalue weighted by molar-refractivity contribution is 5.83. The number of rotatable bonds is 3. The molecule has 0 saturated heterocycles. The molecule has 0 bridgehead atoms. The number of oxime groups is 2. The summed E-state index contributed by atoms with van der Waals surface area (Å²) in [6.07, 6.45) is 2.96. The zero-order valence-electron chi connectivity index (χ0n) is 7.21. The lowest BCUT2D eigenvalue weighted by molar-refractivity contribution is 0.215. The molecule has 1 aromatic rings. The molecule has 0 aromatic heterocycles. The largest absolute Gasteiger partial charge is 0.411 e. The second kappa shape index (κ2) is 4.92. The Labute approximate surface area is 76.1 Å². The van der Waals surface area contributed by atoms with E-state index in [1.165, 1.54) is 13.3 Å². The second-order valence-corrected chi connectivity index (χ2v) is 2.33. The zero-order valence-corrected chi connectivity index (χ0v) is 7.21. The molecule has 1 aromatic carbocycles. The Morgan fingerprint density at radius 3 is 2.15 bits per heavy atom. The van der Waals surface area contributed by atoms with Crippen LogP contribution >= 0.6 is 0 Å².